The van der Waals surface area contributed by atoms with Crippen molar-refractivity contribution >= 4 is 23.3 Å². The predicted octanol–water partition coefficient (Wildman–Crippen LogP) is 1.37. The Labute approximate surface area is 115 Å². The smallest absolute Gasteiger partial charge is 0.274 e. The number of hydrogen-bond donors (Lipinski definition) is 3. The van der Waals surface area contributed by atoms with Crippen LogP contribution in [0.15, 0.2) is 36.5 Å². The molecule has 0 aliphatic heterocycles. The number of imide groups is 1. The molecule has 1 heterocycles. The van der Waals surface area contributed by atoms with Gasteiger partial charge in [-0.1, -0.05) is 12.1 Å². The first-order valence-corrected chi connectivity index (χ1v) is 5.88. The lowest BCUT2D eigenvalue weighted by molar-refractivity contribution is 0.0847. The van der Waals surface area contributed by atoms with E-state index in [1.165, 1.54) is 25.3 Å². The highest BCUT2D eigenvalue weighted by molar-refractivity contribution is 6.12. The molecule has 0 aliphatic carbocycles. The molecule has 0 spiro atoms. The molecule has 0 unspecified atom stereocenters. The van der Waals surface area contributed by atoms with Crippen molar-refractivity contribution in [2.75, 3.05) is 5.73 Å². The summed E-state index contributed by atoms with van der Waals surface area (Å²) in [4.78, 5) is 37.5. The van der Waals surface area contributed by atoms with E-state index < -0.39 is 11.8 Å². The van der Waals surface area contributed by atoms with Crippen LogP contribution in [-0.2, 0) is 0 Å². The number of aromatic amines is 1. The zero-order valence-electron chi connectivity index (χ0n) is 10.8. The number of benzene rings is 1. The van der Waals surface area contributed by atoms with E-state index in [2.05, 4.69) is 10.3 Å². The summed E-state index contributed by atoms with van der Waals surface area (Å²) in [6.45, 7) is 1.39. The van der Waals surface area contributed by atoms with E-state index in [0.717, 1.165) is 0 Å². The number of nitrogens with two attached hydrogens (primary N) is 1. The third-order valence-corrected chi connectivity index (χ3v) is 2.77. The Hall–Kier alpha value is -2.89. The number of ketones is 1. The summed E-state index contributed by atoms with van der Waals surface area (Å²) in [6.07, 6.45) is 1.42. The molecule has 0 saturated heterocycles. The van der Waals surface area contributed by atoms with Crippen LogP contribution < -0.4 is 11.1 Å². The fourth-order valence-electron chi connectivity index (χ4n) is 1.67. The average molecular weight is 271 g/mol. The fraction of sp³-hybridized carbons (Fsp3) is 0.0714. The topological polar surface area (TPSA) is 105 Å². The summed E-state index contributed by atoms with van der Waals surface area (Å²) in [5.41, 5.74) is 6.68. The van der Waals surface area contributed by atoms with Gasteiger partial charge in [-0.2, -0.15) is 0 Å². The number of aromatic nitrogens is 1. The Morgan fingerprint density at radius 1 is 1.15 bits per heavy atom. The minimum Gasteiger partial charge on any atom is -0.398 e. The first-order valence-electron chi connectivity index (χ1n) is 5.88. The van der Waals surface area contributed by atoms with E-state index in [0.29, 0.717) is 5.56 Å². The second-order valence-corrected chi connectivity index (χ2v) is 4.23. The molecule has 2 aromatic rings. The Morgan fingerprint density at radius 3 is 2.45 bits per heavy atom. The van der Waals surface area contributed by atoms with Crippen molar-refractivity contribution in [1.29, 1.82) is 0 Å². The third-order valence-electron chi connectivity index (χ3n) is 2.77. The minimum absolute atomic E-state index is 0.137. The minimum atomic E-state index is -0.620. The molecule has 1 aromatic carbocycles. The number of Topliss-reactive ketones (excluding diaryl/α,β-unsaturated/α-hetero) is 1. The number of anilines is 1. The monoisotopic (exact) mass is 271 g/mol. The average Bonchev–Trinajstić information content (AvgIpc) is 2.88. The Bertz CT molecular complexity index is 688. The lowest BCUT2D eigenvalue weighted by Crippen LogP contribution is -2.31. The molecular formula is C14H13N3O3. The van der Waals surface area contributed by atoms with Crippen LogP contribution >= 0.6 is 0 Å². The molecule has 6 heteroatoms. The van der Waals surface area contributed by atoms with Crippen LogP contribution in [0.25, 0.3) is 0 Å². The first kappa shape index (κ1) is 13.5. The number of H-pyrrole nitrogens is 1. The van der Waals surface area contributed by atoms with Crippen LogP contribution in [0.4, 0.5) is 5.69 Å². The number of nitrogen functional groups attached to an aromatic ring is 1. The molecule has 2 amide bonds. The summed E-state index contributed by atoms with van der Waals surface area (Å²) in [5.74, 6) is -1.38. The summed E-state index contributed by atoms with van der Waals surface area (Å²) in [7, 11) is 0. The first-order chi connectivity index (χ1) is 9.49. The van der Waals surface area contributed by atoms with E-state index in [9.17, 15) is 14.4 Å². The third kappa shape index (κ3) is 2.74. The molecule has 0 saturated carbocycles. The van der Waals surface area contributed by atoms with Gasteiger partial charge in [0.15, 0.2) is 5.78 Å². The van der Waals surface area contributed by atoms with Gasteiger partial charge < -0.3 is 10.7 Å². The van der Waals surface area contributed by atoms with Gasteiger partial charge in [0.25, 0.3) is 11.8 Å². The molecule has 0 fully saturated rings. The number of hydrogen-bond acceptors (Lipinski definition) is 4. The normalized spacial score (nSPS) is 10.1. The molecule has 0 bridgehead atoms. The van der Waals surface area contributed by atoms with Crippen molar-refractivity contribution in [3.8, 4) is 0 Å². The van der Waals surface area contributed by atoms with Gasteiger partial charge in [-0.25, -0.2) is 0 Å². The van der Waals surface area contributed by atoms with Gasteiger partial charge in [-0.3, -0.25) is 19.7 Å². The van der Waals surface area contributed by atoms with Crippen molar-refractivity contribution in [2.45, 2.75) is 6.92 Å². The maximum Gasteiger partial charge on any atom is 0.274 e. The van der Waals surface area contributed by atoms with E-state index in [4.69, 9.17) is 5.73 Å². The molecule has 102 valence electrons. The standard InChI is InChI=1S/C14H13N3O3/c1-8(18)9-6-12(16-7-9)14(20)17-13(19)10-4-2-3-5-11(10)15/h2-7,16H,15H2,1H3,(H,17,19,20). The van der Waals surface area contributed by atoms with Crippen molar-refractivity contribution in [3.05, 3.63) is 53.3 Å². The number of para-hydroxylation sites is 1. The Balaban J connectivity index is 2.13. The molecule has 0 radical (unpaired) electrons. The molecule has 4 N–H and O–H groups in total. The fourth-order valence-corrected chi connectivity index (χ4v) is 1.67. The van der Waals surface area contributed by atoms with Gasteiger partial charge in [-0.05, 0) is 25.1 Å². The highest BCUT2D eigenvalue weighted by Gasteiger charge is 2.16. The van der Waals surface area contributed by atoms with Gasteiger partial charge in [-0.15, -0.1) is 0 Å². The number of amides is 2. The summed E-state index contributed by atoms with van der Waals surface area (Å²) in [6, 6.07) is 7.82. The van der Waals surface area contributed by atoms with Crippen LogP contribution in [0, 0.1) is 0 Å². The van der Waals surface area contributed by atoms with Gasteiger partial charge in [0.2, 0.25) is 0 Å². The molecule has 0 atom stereocenters. The van der Waals surface area contributed by atoms with Crippen LogP contribution in [0.5, 0.6) is 0 Å². The number of nitrogens with one attached hydrogen (secondary N) is 2. The second-order valence-electron chi connectivity index (χ2n) is 4.23. The summed E-state index contributed by atoms with van der Waals surface area (Å²) >= 11 is 0. The highest BCUT2D eigenvalue weighted by atomic mass is 16.2. The van der Waals surface area contributed by atoms with Crippen molar-refractivity contribution < 1.29 is 14.4 Å². The molecule has 6 nitrogen and oxygen atoms in total. The van der Waals surface area contributed by atoms with Gasteiger partial charge in [0.1, 0.15) is 5.69 Å². The lowest BCUT2D eigenvalue weighted by atomic mass is 10.1. The van der Waals surface area contributed by atoms with Gasteiger partial charge in [0.05, 0.1) is 5.56 Å². The highest BCUT2D eigenvalue weighted by Crippen LogP contribution is 2.10. The molecular weight excluding hydrogens is 258 g/mol. The van der Waals surface area contributed by atoms with E-state index in [1.807, 2.05) is 0 Å². The summed E-state index contributed by atoms with van der Waals surface area (Å²) < 4.78 is 0. The van der Waals surface area contributed by atoms with Crippen molar-refractivity contribution in [2.24, 2.45) is 0 Å². The SMILES string of the molecule is CC(=O)c1c[nH]c(C(=O)NC(=O)c2ccccc2N)c1. The van der Waals surface area contributed by atoms with E-state index in [1.54, 1.807) is 18.2 Å². The van der Waals surface area contributed by atoms with Gasteiger partial charge in [0, 0.05) is 17.4 Å². The Kier molecular flexibility index (Phi) is 3.65. The second kappa shape index (κ2) is 5.40. The number of carbonyl (C=O) groups is 3. The van der Waals surface area contributed by atoms with E-state index >= 15 is 0 Å². The van der Waals surface area contributed by atoms with Crippen LogP contribution in [0.3, 0.4) is 0 Å². The summed E-state index contributed by atoms with van der Waals surface area (Å²) in [5, 5.41) is 2.21. The largest absolute Gasteiger partial charge is 0.398 e. The van der Waals surface area contributed by atoms with E-state index in [-0.39, 0.29) is 22.7 Å². The zero-order valence-corrected chi connectivity index (χ0v) is 10.8. The van der Waals surface area contributed by atoms with Crippen molar-refractivity contribution in [3.63, 3.8) is 0 Å². The number of carbonyl (C=O) groups excluding carboxylic acids is 3. The van der Waals surface area contributed by atoms with Crippen molar-refractivity contribution in [1.82, 2.24) is 10.3 Å². The maximum atomic E-state index is 11.9. The quantitative estimate of drug-likeness (QED) is 0.445. The molecule has 2 rings (SSSR count). The molecule has 20 heavy (non-hydrogen) atoms. The molecule has 1 aromatic heterocycles. The van der Waals surface area contributed by atoms with Crippen LogP contribution in [0.2, 0.25) is 0 Å². The van der Waals surface area contributed by atoms with Crippen LogP contribution in [0.1, 0.15) is 38.1 Å². The number of rotatable bonds is 3. The van der Waals surface area contributed by atoms with Gasteiger partial charge >= 0.3 is 0 Å². The Morgan fingerprint density at radius 2 is 1.85 bits per heavy atom. The maximum absolute atomic E-state index is 11.9. The zero-order chi connectivity index (χ0) is 14.7. The molecule has 0 aliphatic rings. The lowest BCUT2D eigenvalue weighted by Gasteiger charge is -2.05. The predicted molar refractivity (Wildman–Crippen MR) is 73.4 cm³/mol. The van der Waals surface area contributed by atoms with Crippen LogP contribution in [-0.4, -0.2) is 22.6 Å².